The number of carbonyl (C=O) groups excluding carboxylic acids is 1. The summed E-state index contributed by atoms with van der Waals surface area (Å²) in [5.74, 6) is -0.923. The van der Waals surface area contributed by atoms with Crippen LogP contribution >= 0.6 is 0 Å². The van der Waals surface area contributed by atoms with Crippen LogP contribution in [0.25, 0.3) is 33.8 Å². The molecule has 250 valence electrons. The summed E-state index contributed by atoms with van der Waals surface area (Å²) in [6, 6.07) is 11.5. The number of piperidine rings is 1. The summed E-state index contributed by atoms with van der Waals surface area (Å²) in [6.07, 6.45) is -0.285. The molecule has 0 bridgehead atoms. The molecule has 3 heterocycles. The number of hydrogen-bond acceptors (Lipinski definition) is 8. The smallest absolute Gasteiger partial charge is 0.549 e. The monoisotopic (exact) mass is 677 g/mol. The Hall–Kier alpha value is -3.23. The maximum Gasteiger partial charge on any atom is 1.00 e. The number of imidazole rings is 1. The van der Waals surface area contributed by atoms with Crippen LogP contribution in [0.3, 0.4) is 0 Å². The Labute approximate surface area is 297 Å². The van der Waals surface area contributed by atoms with Crippen LogP contribution in [-0.2, 0) is 15.7 Å². The predicted molar refractivity (Wildman–Crippen MR) is 166 cm³/mol. The number of nitrogens with one attached hydrogen (secondary N) is 1. The van der Waals surface area contributed by atoms with Crippen LogP contribution in [0.2, 0.25) is 0 Å². The van der Waals surface area contributed by atoms with Crippen molar-refractivity contribution in [3.05, 3.63) is 59.9 Å². The van der Waals surface area contributed by atoms with Crippen LogP contribution in [0.4, 0.5) is 23.2 Å². The van der Waals surface area contributed by atoms with Crippen molar-refractivity contribution in [1.29, 1.82) is 0 Å². The van der Waals surface area contributed by atoms with Gasteiger partial charge in [0.05, 0.1) is 29.5 Å². The molecule has 1 aliphatic heterocycles. The van der Waals surface area contributed by atoms with E-state index in [0.717, 1.165) is 37.0 Å². The largest absolute Gasteiger partial charge is 1.00 e. The molecule has 1 saturated heterocycles. The molecule has 1 aliphatic carbocycles. The number of carbonyl (C=O) groups is 1. The first-order valence-electron chi connectivity index (χ1n) is 15.6. The Bertz CT molecular complexity index is 1740. The molecule has 0 radical (unpaired) electrons. The molecular weight excluding hydrogens is 641 g/mol. The van der Waals surface area contributed by atoms with Crippen molar-refractivity contribution >= 4 is 22.8 Å². The standard InChI is InChI=1S/C34H37F4N5O4.Na/c1-42(19-33(20-46-2)10-3-11-33)28-17-27(22-14-23(34(36,37)38)16-24(35)15-22)39-32-30(28)40-31(41-32)21-4-6-25(7-5-21)47-26-8-12-43(13-9-26)18-29(44)45;/h4-7,14-17,26H,3,8-13,18-20H2,1-2H3,(H,44,45)(H,39,40,41);/q;+1/p-1. The molecule has 1 N–H and O–H groups in total. The number of fused-ring (bicyclic) bond motifs is 1. The Morgan fingerprint density at radius 1 is 1.08 bits per heavy atom. The number of aromatic amines is 1. The van der Waals surface area contributed by atoms with Crippen molar-refractivity contribution in [1.82, 2.24) is 19.9 Å². The average Bonchev–Trinajstić information content (AvgIpc) is 3.44. The minimum atomic E-state index is -4.72. The number of H-pyrrole nitrogens is 1. The zero-order valence-corrected chi connectivity index (χ0v) is 29.2. The maximum absolute atomic E-state index is 14.4. The van der Waals surface area contributed by atoms with Crippen LogP contribution in [0.15, 0.2) is 48.5 Å². The Morgan fingerprint density at radius 2 is 1.79 bits per heavy atom. The van der Waals surface area contributed by atoms with Crippen molar-refractivity contribution in [2.24, 2.45) is 5.41 Å². The number of likely N-dealkylation sites (tertiary alicyclic amines) is 1. The first-order valence-corrected chi connectivity index (χ1v) is 15.6. The SMILES string of the molecule is COCC1(CN(C)c2cc(-c3cc(F)cc(C(F)(F)F)c3)nc3nc(-c4ccc(OC5CCN(CC(=O)[O-])CC5)cc4)[nH]c23)CCC1.[Na+]. The van der Waals surface area contributed by atoms with Gasteiger partial charge < -0.3 is 29.3 Å². The molecule has 0 unspecified atom stereocenters. The van der Waals surface area contributed by atoms with E-state index < -0.39 is 23.5 Å². The molecule has 0 atom stereocenters. The zero-order valence-electron chi connectivity index (χ0n) is 27.2. The van der Waals surface area contributed by atoms with Crippen molar-refractivity contribution < 1.29 is 66.5 Å². The van der Waals surface area contributed by atoms with Crippen molar-refractivity contribution in [3.63, 3.8) is 0 Å². The molecule has 48 heavy (non-hydrogen) atoms. The molecule has 14 heteroatoms. The quantitative estimate of drug-likeness (QED) is 0.191. The van der Waals surface area contributed by atoms with Gasteiger partial charge in [-0.15, -0.1) is 0 Å². The average molecular weight is 678 g/mol. The van der Waals surface area contributed by atoms with E-state index in [9.17, 15) is 27.5 Å². The Morgan fingerprint density at radius 3 is 2.40 bits per heavy atom. The normalized spacial score (nSPS) is 16.7. The van der Waals surface area contributed by atoms with Gasteiger partial charge in [0.2, 0.25) is 0 Å². The van der Waals surface area contributed by atoms with E-state index in [1.54, 1.807) is 13.2 Å². The van der Waals surface area contributed by atoms with Crippen LogP contribution < -0.4 is 44.3 Å². The molecule has 2 aliphatic rings. The molecule has 6 rings (SSSR count). The van der Waals surface area contributed by atoms with E-state index in [-0.39, 0.29) is 64.5 Å². The number of nitrogens with zero attached hydrogens (tertiary/aromatic N) is 4. The van der Waals surface area contributed by atoms with Gasteiger partial charge in [-0.3, -0.25) is 4.90 Å². The molecule has 1 saturated carbocycles. The van der Waals surface area contributed by atoms with Gasteiger partial charge in [-0.05, 0) is 74.2 Å². The van der Waals surface area contributed by atoms with Crippen LogP contribution in [0, 0.1) is 11.2 Å². The molecule has 4 aromatic rings. The number of ether oxygens (including phenoxy) is 2. The van der Waals surface area contributed by atoms with E-state index in [1.807, 2.05) is 41.1 Å². The number of hydrogen-bond donors (Lipinski definition) is 1. The third-order valence-electron chi connectivity index (χ3n) is 9.13. The number of halogens is 4. The van der Waals surface area contributed by atoms with Crippen LogP contribution in [-0.4, -0.2) is 78.9 Å². The van der Waals surface area contributed by atoms with E-state index in [2.05, 4.69) is 9.97 Å². The minimum Gasteiger partial charge on any atom is -0.549 e. The number of anilines is 1. The second-order valence-electron chi connectivity index (χ2n) is 12.7. The van der Waals surface area contributed by atoms with Crippen LogP contribution in [0.5, 0.6) is 5.75 Å². The van der Waals surface area contributed by atoms with Gasteiger partial charge in [-0.1, -0.05) is 6.42 Å². The molecule has 0 amide bonds. The zero-order chi connectivity index (χ0) is 33.3. The molecule has 0 spiro atoms. The number of carboxylic acids is 1. The van der Waals surface area contributed by atoms with E-state index >= 15 is 0 Å². The van der Waals surface area contributed by atoms with Gasteiger partial charge in [0.15, 0.2) is 5.65 Å². The number of pyridine rings is 1. The van der Waals surface area contributed by atoms with Gasteiger partial charge in [-0.2, -0.15) is 13.2 Å². The van der Waals surface area contributed by atoms with Crippen molar-refractivity contribution in [2.45, 2.75) is 44.4 Å². The van der Waals surface area contributed by atoms with Crippen LogP contribution in [0.1, 0.15) is 37.7 Å². The van der Waals surface area contributed by atoms with Gasteiger partial charge in [0, 0.05) is 56.9 Å². The fourth-order valence-electron chi connectivity index (χ4n) is 6.63. The maximum atomic E-state index is 14.4. The molecule has 2 fully saturated rings. The van der Waals surface area contributed by atoms with Gasteiger partial charge in [-0.25, -0.2) is 14.4 Å². The van der Waals surface area contributed by atoms with Crippen molar-refractivity contribution in [2.75, 3.05) is 51.8 Å². The number of rotatable bonds is 11. The number of aliphatic carboxylic acids is 1. The summed E-state index contributed by atoms with van der Waals surface area (Å²) in [5.41, 5.74) is 1.34. The Balaban J connectivity index is 0.00000451. The second-order valence-corrected chi connectivity index (χ2v) is 12.7. The predicted octanol–water partition coefficient (Wildman–Crippen LogP) is 2.30. The number of alkyl halides is 3. The molecular formula is C34H36F4N5NaO4. The van der Waals surface area contributed by atoms with Crippen molar-refractivity contribution in [3.8, 4) is 28.4 Å². The van der Waals surface area contributed by atoms with Gasteiger partial charge in [0.25, 0.3) is 0 Å². The summed E-state index contributed by atoms with van der Waals surface area (Å²) in [4.78, 5) is 27.4. The molecule has 9 nitrogen and oxygen atoms in total. The van der Waals surface area contributed by atoms with E-state index in [4.69, 9.17) is 14.5 Å². The third kappa shape index (κ3) is 8.14. The van der Waals surface area contributed by atoms with E-state index in [1.165, 1.54) is 0 Å². The summed E-state index contributed by atoms with van der Waals surface area (Å²) < 4.78 is 66.8. The second kappa shape index (κ2) is 14.7. The van der Waals surface area contributed by atoms with Gasteiger partial charge >= 0.3 is 35.7 Å². The fraction of sp³-hybridized carbons (Fsp3) is 0.441. The topological polar surface area (TPSA) is 107 Å². The summed E-state index contributed by atoms with van der Waals surface area (Å²) in [7, 11) is 3.59. The van der Waals surface area contributed by atoms with Gasteiger partial charge in [0.1, 0.15) is 29.0 Å². The van der Waals surface area contributed by atoms with E-state index in [0.29, 0.717) is 67.9 Å². The molecule has 2 aromatic carbocycles. The summed E-state index contributed by atoms with van der Waals surface area (Å²) in [6.45, 7) is 2.36. The first kappa shape index (κ1) is 36.1. The number of benzene rings is 2. The first-order chi connectivity index (χ1) is 22.4. The molecule has 2 aromatic heterocycles. The summed E-state index contributed by atoms with van der Waals surface area (Å²) in [5, 5.41) is 10.9. The number of carboxylic acid groups (broad SMARTS) is 1. The fourth-order valence-corrected chi connectivity index (χ4v) is 6.63. The number of methoxy groups -OCH3 is 1. The number of aromatic nitrogens is 3. The Kier molecular flexibility index (Phi) is 11.1. The third-order valence-corrected chi connectivity index (χ3v) is 9.13. The minimum absolute atomic E-state index is 0. The summed E-state index contributed by atoms with van der Waals surface area (Å²) >= 11 is 0.